The molecule has 0 atom stereocenters. The number of methoxy groups -OCH3 is 2. The molecule has 0 saturated carbocycles. The van der Waals surface area contributed by atoms with E-state index in [1.54, 1.807) is 23.7 Å². The van der Waals surface area contributed by atoms with Crippen LogP contribution >= 0.6 is 11.3 Å². The van der Waals surface area contributed by atoms with Gasteiger partial charge in [-0.05, 0) is 6.07 Å². The van der Waals surface area contributed by atoms with Crippen molar-refractivity contribution in [3.05, 3.63) is 40.4 Å². The summed E-state index contributed by atoms with van der Waals surface area (Å²) < 4.78 is 11.8. The van der Waals surface area contributed by atoms with Crippen LogP contribution in [0.3, 0.4) is 0 Å². The molecule has 130 valence electrons. The van der Waals surface area contributed by atoms with Crippen molar-refractivity contribution in [2.24, 2.45) is 0 Å². The maximum Gasteiger partial charge on any atom is 0.261 e. The van der Waals surface area contributed by atoms with E-state index in [1.807, 2.05) is 0 Å². The predicted molar refractivity (Wildman–Crippen MR) is 94.5 cm³/mol. The van der Waals surface area contributed by atoms with Gasteiger partial charge in [0.05, 0.1) is 31.4 Å². The summed E-state index contributed by atoms with van der Waals surface area (Å²) >= 11 is 1.34. The first kappa shape index (κ1) is 16.9. The lowest BCUT2D eigenvalue weighted by molar-refractivity contribution is -0.116. The number of thiazole rings is 1. The summed E-state index contributed by atoms with van der Waals surface area (Å²) in [5.74, 6) is 0.741. The van der Waals surface area contributed by atoms with E-state index >= 15 is 0 Å². The molecule has 0 aliphatic carbocycles. The molecule has 1 N–H and O–H groups in total. The summed E-state index contributed by atoms with van der Waals surface area (Å²) in [7, 11) is 3.02. The van der Waals surface area contributed by atoms with Crippen LogP contribution < -0.4 is 20.3 Å². The van der Waals surface area contributed by atoms with Gasteiger partial charge in [-0.3, -0.25) is 14.2 Å². The number of nitrogens with zero attached hydrogens (tertiary/aromatic N) is 3. The molecule has 1 amide bonds. The van der Waals surface area contributed by atoms with Crippen molar-refractivity contribution >= 4 is 33.3 Å². The van der Waals surface area contributed by atoms with Gasteiger partial charge in [0, 0.05) is 30.6 Å². The highest BCUT2D eigenvalue weighted by Crippen LogP contribution is 2.29. The Kier molecular flexibility index (Phi) is 4.94. The molecule has 3 aromatic rings. The molecule has 1 aromatic carbocycles. The number of carbonyl (C=O) groups excluding carboxylic acids is 1. The molecule has 0 aliphatic heterocycles. The Morgan fingerprint density at radius 2 is 2.00 bits per heavy atom. The van der Waals surface area contributed by atoms with Crippen LogP contribution in [0.15, 0.2) is 34.8 Å². The van der Waals surface area contributed by atoms with Gasteiger partial charge in [0.25, 0.3) is 5.56 Å². The highest BCUT2D eigenvalue weighted by atomic mass is 32.1. The molecule has 9 heteroatoms. The van der Waals surface area contributed by atoms with Crippen LogP contribution in [-0.4, -0.2) is 34.7 Å². The highest BCUT2D eigenvalue weighted by molar-refractivity contribution is 7.13. The Labute approximate surface area is 147 Å². The third kappa shape index (κ3) is 3.61. The number of hydrogen-bond donors (Lipinski definition) is 1. The number of nitrogens with one attached hydrogen (secondary N) is 1. The van der Waals surface area contributed by atoms with E-state index in [2.05, 4.69) is 15.3 Å². The van der Waals surface area contributed by atoms with Crippen LogP contribution in [0, 0.1) is 0 Å². The second-order valence-corrected chi connectivity index (χ2v) is 6.00. The summed E-state index contributed by atoms with van der Waals surface area (Å²) in [6.45, 7) is 0.216. The van der Waals surface area contributed by atoms with Crippen LogP contribution in [0.5, 0.6) is 11.5 Å². The second-order valence-electron chi connectivity index (χ2n) is 5.10. The van der Waals surface area contributed by atoms with Crippen molar-refractivity contribution in [3.8, 4) is 11.5 Å². The number of fused-ring (bicyclic) bond motifs is 1. The van der Waals surface area contributed by atoms with Gasteiger partial charge >= 0.3 is 0 Å². The molecule has 2 aromatic heterocycles. The normalized spacial score (nSPS) is 10.6. The summed E-state index contributed by atoms with van der Waals surface area (Å²) in [4.78, 5) is 32.8. The minimum Gasteiger partial charge on any atom is -0.493 e. The summed E-state index contributed by atoms with van der Waals surface area (Å²) in [6, 6.07) is 3.24. The van der Waals surface area contributed by atoms with Crippen molar-refractivity contribution in [1.82, 2.24) is 14.5 Å². The van der Waals surface area contributed by atoms with Crippen LogP contribution in [0.2, 0.25) is 0 Å². The molecule has 25 heavy (non-hydrogen) atoms. The quantitative estimate of drug-likeness (QED) is 0.721. The molecule has 0 bridgehead atoms. The number of anilines is 1. The van der Waals surface area contributed by atoms with Crippen molar-refractivity contribution in [2.75, 3.05) is 19.5 Å². The Balaban J connectivity index is 1.81. The Bertz CT molecular complexity index is 953. The molecular weight excluding hydrogens is 344 g/mol. The maximum atomic E-state index is 12.6. The van der Waals surface area contributed by atoms with Gasteiger partial charge in [-0.2, -0.15) is 0 Å². The van der Waals surface area contributed by atoms with Gasteiger partial charge in [0.15, 0.2) is 16.6 Å². The van der Waals surface area contributed by atoms with Crippen molar-refractivity contribution in [1.29, 1.82) is 0 Å². The fraction of sp³-hybridized carbons (Fsp3) is 0.250. The third-order valence-corrected chi connectivity index (χ3v) is 4.28. The molecule has 0 aliphatic rings. The number of benzene rings is 1. The average Bonchev–Trinajstić information content (AvgIpc) is 3.13. The van der Waals surface area contributed by atoms with Gasteiger partial charge < -0.3 is 14.8 Å². The van der Waals surface area contributed by atoms with E-state index in [4.69, 9.17) is 9.47 Å². The molecule has 0 fully saturated rings. The number of hydrogen-bond acceptors (Lipinski definition) is 7. The van der Waals surface area contributed by atoms with Gasteiger partial charge in [0.2, 0.25) is 5.91 Å². The molecular formula is C16H16N4O4S. The lowest BCUT2D eigenvalue weighted by Gasteiger charge is -2.10. The van der Waals surface area contributed by atoms with E-state index in [9.17, 15) is 9.59 Å². The Morgan fingerprint density at radius 3 is 2.68 bits per heavy atom. The number of aryl methyl sites for hydroxylation is 1. The number of ether oxygens (including phenoxy) is 2. The second kappa shape index (κ2) is 7.31. The molecule has 0 spiro atoms. The van der Waals surface area contributed by atoms with Gasteiger partial charge in [-0.1, -0.05) is 0 Å². The van der Waals surface area contributed by atoms with Crippen LogP contribution in [0.4, 0.5) is 5.13 Å². The zero-order valence-corrected chi connectivity index (χ0v) is 14.5. The molecule has 3 rings (SSSR count). The maximum absolute atomic E-state index is 12.6. The fourth-order valence-electron chi connectivity index (χ4n) is 2.33. The average molecular weight is 360 g/mol. The molecule has 2 heterocycles. The zero-order valence-electron chi connectivity index (χ0n) is 13.7. The van der Waals surface area contributed by atoms with Crippen LogP contribution in [0.25, 0.3) is 10.9 Å². The first-order valence-electron chi connectivity index (χ1n) is 7.43. The first-order chi connectivity index (χ1) is 12.1. The van der Waals surface area contributed by atoms with Crippen molar-refractivity contribution < 1.29 is 14.3 Å². The largest absolute Gasteiger partial charge is 0.493 e. The Hall–Kier alpha value is -2.94. The number of rotatable bonds is 6. The number of aromatic nitrogens is 3. The topological polar surface area (TPSA) is 95.3 Å². The van der Waals surface area contributed by atoms with Gasteiger partial charge in [-0.25, -0.2) is 9.97 Å². The predicted octanol–water partition coefficient (Wildman–Crippen LogP) is 1.90. The van der Waals surface area contributed by atoms with E-state index in [-0.39, 0.29) is 24.4 Å². The standard InChI is InChI=1S/C16H16N4O4S/c1-23-12-7-10-11(8-13(12)24-2)18-9-20(15(10)22)5-3-14(21)19-16-17-4-6-25-16/h4,6-9H,3,5H2,1-2H3,(H,17,19,21). The fourth-order valence-corrected chi connectivity index (χ4v) is 2.88. The molecule has 8 nitrogen and oxygen atoms in total. The lowest BCUT2D eigenvalue weighted by Crippen LogP contribution is -2.23. The number of amides is 1. The van der Waals surface area contributed by atoms with E-state index in [0.717, 1.165) is 0 Å². The highest BCUT2D eigenvalue weighted by Gasteiger charge is 2.12. The summed E-state index contributed by atoms with van der Waals surface area (Å²) in [6.07, 6.45) is 3.17. The SMILES string of the molecule is COc1cc2ncn(CCC(=O)Nc3nccs3)c(=O)c2cc1OC. The smallest absolute Gasteiger partial charge is 0.261 e. The molecule has 0 unspecified atom stereocenters. The monoisotopic (exact) mass is 360 g/mol. The third-order valence-electron chi connectivity index (χ3n) is 3.59. The van der Waals surface area contributed by atoms with E-state index in [1.165, 1.54) is 36.5 Å². The van der Waals surface area contributed by atoms with E-state index in [0.29, 0.717) is 27.5 Å². The number of carbonyl (C=O) groups is 1. The van der Waals surface area contributed by atoms with Gasteiger partial charge in [0.1, 0.15) is 0 Å². The van der Waals surface area contributed by atoms with Crippen LogP contribution in [-0.2, 0) is 11.3 Å². The summed E-state index contributed by atoms with van der Waals surface area (Å²) in [5, 5.41) is 5.39. The molecule has 0 radical (unpaired) electrons. The zero-order chi connectivity index (χ0) is 17.8. The van der Waals surface area contributed by atoms with Crippen molar-refractivity contribution in [2.45, 2.75) is 13.0 Å². The van der Waals surface area contributed by atoms with Crippen LogP contribution in [0.1, 0.15) is 6.42 Å². The summed E-state index contributed by atoms with van der Waals surface area (Å²) in [5.41, 5.74) is 0.263. The van der Waals surface area contributed by atoms with E-state index < -0.39 is 0 Å². The first-order valence-corrected chi connectivity index (χ1v) is 8.31. The minimum absolute atomic E-state index is 0.139. The minimum atomic E-state index is -0.243. The molecule has 0 saturated heterocycles. The van der Waals surface area contributed by atoms with Crippen molar-refractivity contribution in [3.63, 3.8) is 0 Å². The Morgan fingerprint density at radius 1 is 1.24 bits per heavy atom. The van der Waals surface area contributed by atoms with Gasteiger partial charge in [-0.15, -0.1) is 11.3 Å². The lowest BCUT2D eigenvalue weighted by atomic mass is 10.2.